The van der Waals surface area contributed by atoms with Gasteiger partial charge < -0.3 is 19.7 Å². The normalized spacial score (nSPS) is 10.2. The minimum absolute atomic E-state index is 0.146. The van der Waals surface area contributed by atoms with Gasteiger partial charge in [-0.15, -0.1) is 0 Å². The van der Waals surface area contributed by atoms with Crippen molar-refractivity contribution >= 4 is 11.7 Å². The maximum atomic E-state index is 11.5. The first-order valence-corrected chi connectivity index (χ1v) is 5.77. The van der Waals surface area contributed by atoms with Gasteiger partial charge in [0.25, 0.3) is 0 Å². The van der Waals surface area contributed by atoms with Gasteiger partial charge in [-0.1, -0.05) is 12.1 Å². The average Bonchev–Trinajstić information content (AvgIpc) is 2.35. The van der Waals surface area contributed by atoms with Gasteiger partial charge in [0.05, 0.1) is 19.8 Å². The lowest BCUT2D eigenvalue weighted by atomic mass is 10.2. The second-order valence-electron chi connectivity index (χ2n) is 4.07. The third kappa shape index (κ3) is 5.16. The van der Waals surface area contributed by atoms with Gasteiger partial charge in [0.15, 0.2) is 0 Å². The van der Waals surface area contributed by atoms with Crippen LogP contribution < -0.4 is 5.32 Å². The number of nitrogens with zero attached hydrogens (tertiary/aromatic N) is 1. The zero-order valence-corrected chi connectivity index (χ0v) is 11.1. The van der Waals surface area contributed by atoms with E-state index in [9.17, 15) is 4.79 Å². The van der Waals surface area contributed by atoms with Crippen LogP contribution in [-0.2, 0) is 16.1 Å². The monoisotopic (exact) mass is 252 g/mol. The highest BCUT2D eigenvalue weighted by atomic mass is 16.5. The Balaban J connectivity index is 2.49. The molecule has 0 saturated heterocycles. The van der Waals surface area contributed by atoms with Crippen molar-refractivity contribution in [2.75, 3.05) is 39.7 Å². The minimum Gasteiger partial charge on any atom is -0.382 e. The summed E-state index contributed by atoms with van der Waals surface area (Å²) in [7, 11) is 5.04. The van der Waals surface area contributed by atoms with E-state index < -0.39 is 0 Å². The topological polar surface area (TPSA) is 50.8 Å². The van der Waals surface area contributed by atoms with E-state index in [1.165, 1.54) is 4.90 Å². The Morgan fingerprint density at radius 3 is 2.78 bits per heavy atom. The van der Waals surface area contributed by atoms with Gasteiger partial charge in [0.2, 0.25) is 0 Å². The Hall–Kier alpha value is -1.59. The minimum atomic E-state index is -0.146. The molecular weight excluding hydrogens is 232 g/mol. The van der Waals surface area contributed by atoms with Gasteiger partial charge in [0.1, 0.15) is 0 Å². The lowest BCUT2D eigenvalue weighted by molar-refractivity contribution is 0.0617. The van der Waals surface area contributed by atoms with Crippen LogP contribution >= 0.6 is 0 Å². The number of benzene rings is 1. The average molecular weight is 252 g/mol. The second-order valence-corrected chi connectivity index (χ2v) is 4.07. The highest BCUT2D eigenvalue weighted by Crippen LogP contribution is 2.12. The van der Waals surface area contributed by atoms with Crippen molar-refractivity contribution in [3.8, 4) is 0 Å². The lowest BCUT2D eigenvalue weighted by Crippen LogP contribution is -2.27. The van der Waals surface area contributed by atoms with Crippen LogP contribution in [0.25, 0.3) is 0 Å². The Morgan fingerprint density at radius 1 is 1.33 bits per heavy atom. The van der Waals surface area contributed by atoms with Crippen LogP contribution in [0.1, 0.15) is 5.56 Å². The largest absolute Gasteiger partial charge is 0.382 e. The maximum Gasteiger partial charge on any atom is 0.321 e. The summed E-state index contributed by atoms with van der Waals surface area (Å²) in [6.07, 6.45) is 0. The number of anilines is 1. The van der Waals surface area contributed by atoms with Gasteiger partial charge in [-0.05, 0) is 17.7 Å². The molecule has 100 valence electrons. The quantitative estimate of drug-likeness (QED) is 0.787. The number of carbonyl (C=O) groups is 1. The maximum absolute atomic E-state index is 11.5. The van der Waals surface area contributed by atoms with Gasteiger partial charge >= 0.3 is 6.03 Å². The number of nitrogens with one attached hydrogen (secondary N) is 1. The zero-order valence-electron chi connectivity index (χ0n) is 11.1. The first kappa shape index (κ1) is 14.5. The molecule has 0 aromatic heterocycles. The van der Waals surface area contributed by atoms with E-state index in [0.717, 1.165) is 11.3 Å². The molecule has 0 saturated carbocycles. The molecule has 1 aromatic rings. The van der Waals surface area contributed by atoms with E-state index in [4.69, 9.17) is 9.47 Å². The van der Waals surface area contributed by atoms with E-state index in [-0.39, 0.29) is 6.03 Å². The molecule has 0 unspecified atom stereocenters. The third-order valence-electron chi connectivity index (χ3n) is 2.28. The molecule has 1 rings (SSSR count). The molecule has 0 atom stereocenters. The molecule has 0 spiro atoms. The fourth-order valence-corrected chi connectivity index (χ4v) is 1.31. The molecule has 18 heavy (non-hydrogen) atoms. The number of hydrogen-bond acceptors (Lipinski definition) is 3. The van der Waals surface area contributed by atoms with Crippen molar-refractivity contribution in [2.24, 2.45) is 0 Å². The number of urea groups is 1. The number of methoxy groups -OCH3 is 1. The molecule has 2 amide bonds. The van der Waals surface area contributed by atoms with Crippen molar-refractivity contribution in [1.82, 2.24) is 4.90 Å². The van der Waals surface area contributed by atoms with Crippen LogP contribution in [0.3, 0.4) is 0 Å². The van der Waals surface area contributed by atoms with Crippen molar-refractivity contribution in [3.63, 3.8) is 0 Å². The molecule has 0 heterocycles. The summed E-state index contributed by atoms with van der Waals surface area (Å²) in [4.78, 5) is 13.0. The number of hydrogen-bond donors (Lipinski definition) is 1. The van der Waals surface area contributed by atoms with Crippen LogP contribution in [0.5, 0.6) is 0 Å². The second kappa shape index (κ2) is 7.68. The molecule has 5 heteroatoms. The number of carbonyl (C=O) groups excluding carboxylic acids is 1. The van der Waals surface area contributed by atoms with Gasteiger partial charge in [-0.25, -0.2) is 4.79 Å². The summed E-state index contributed by atoms with van der Waals surface area (Å²) >= 11 is 0. The van der Waals surface area contributed by atoms with Gasteiger partial charge in [0, 0.05) is 26.9 Å². The fourth-order valence-electron chi connectivity index (χ4n) is 1.31. The van der Waals surface area contributed by atoms with Crippen LogP contribution in [0.4, 0.5) is 10.5 Å². The van der Waals surface area contributed by atoms with Crippen LogP contribution in [0.15, 0.2) is 24.3 Å². The molecule has 0 aliphatic rings. The number of ether oxygens (including phenoxy) is 2. The Morgan fingerprint density at radius 2 is 2.11 bits per heavy atom. The Bertz CT molecular complexity index is 380. The molecule has 0 aliphatic heterocycles. The Labute approximate surface area is 108 Å². The fraction of sp³-hybridized carbons (Fsp3) is 0.462. The van der Waals surface area contributed by atoms with Crippen molar-refractivity contribution in [3.05, 3.63) is 29.8 Å². The smallest absolute Gasteiger partial charge is 0.321 e. The predicted octanol–water partition coefficient (Wildman–Crippen LogP) is 1.94. The molecular formula is C13H20N2O3. The lowest BCUT2D eigenvalue weighted by Gasteiger charge is -2.12. The van der Waals surface area contributed by atoms with E-state index in [2.05, 4.69) is 5.32 Å². The number of rotatable bonds is 6. The SMILES string of the molecule is COCCOCc1cccc(NC(=O)N(C)C)c1. The molecule has 1 aromatic carbocycles. The van der Waals surface area contributed by atoms with Crippen LogP contribution in [0, 0.1) is 0 Å². The van der Waals surface area contributed by atoms with E-state index in [1.54, 1.807) is 21.2 Å². The Kier molecular flexibility index (Phi) is 6.18. The molecule has 0 radical (unpaired) electrons. The van der Waals surface area contributed by atoms with Gasteiger partial charge in [-0.2, -0.15) is 0 Å². The summed E-state index contributed by atoms with van der Waals surface area (Å²) in [5.74, 6) is 0. The molecule has 1 N–H and O–H groups in total. The standard InChI is InChI=1S/C13H20N2O3/c1-15(2)13(16)14-12-6-4-5-11(9-12)10-18-8-7-17-3/h4-6,9H,7-8,10H2,1-3H3,(H,14,16). The van der Waals surface area contributed by atoms with Gasteiger partial charge in [-0.3, -0.25) is 0 Å². The van der Waals surface area contributed by atoms with Crippen molar-refractivity contribution < 1.29 is 14.3 Å². The van der Waals surface area contributed by atoms with E-state index in [0.29, 0.717) is 19.8 Å². The third-order valence-corrected chi connectivity index (χ3v) is 2.28. The summed E-state index contributed by atoms with van der Waals surface area (Å²) in [5.41, 5.74) is 1.78. The number of amides is 2. The molecule has 0 fully saturated rings. The summed E-state index contributed by atoms with van der Waals surface area (Å²) in [5, 5.41) is 2.79. The summed E-state index contributed by atoms with van der Waals surface area (Å²) < 4.78 is 10.3. The van der Waals surface area contributed by atoms with Crippen molar-refractivity contribution in [1.29, 1.82) is 0 Å². The highest BCUT2D eigenvalue weighted by molar-refractivity contribution is 5.88. The van der Waals surface area contributed by atoms with E-state index in [1.807, 2.05) is 24.3 Å². The summed E-state index contributed by atoms with van der Waals surface area (Å²) in [6.45, 7) is 1.65. The highest BCUT2D eigenvalue weighted by Gasteiger charge is 2.04. The molecule has 5 nitrogen and oxygen atoms in total. The predicted molar refractivity (Wildman–Crippen MR) is 70.7 cm³/mol. The zero-order chi connectivity index (χ0) is 13.4. The summed E-state index contributed by atoms with van der Waals surface area (Å²) in [6, 6.07) is 7.44. The first-order valence-electron chi connectivity index (χ1n) is 5.77. The molecule has 0 aliphatic carbocycles. The van der Waals surface area contributed by atoms with Crippen LogP contribution in [0.2, 0.25) is 0 Å². The van der Waals surface area contributed by atoms with Crippen molar-refractivity contribution in [2.45, 2.75) is 6.61 Å². The van der Waals surface area contributed by atoms with E-state index >= 15 is 0 Å². The molecule has 0 bridgehead atoms. The van der Waals surface area contributed by atoms with Crippen LogP contribution in [-0.4, -0.2) is 45.3 Å². The first-order chi connectivity index (χ1) is 8.63.